The summed E-state index contributed by atoms with van der Waals surface area (Å²) < 4.78 is 0.758. The number of nitro benzene ring substituents is 2. The number of nitro groups is 2. The number of benzene rings is 2. The lowest BCUT2D eigenvalue weighted by Crippen LogP contribution is -2.13. The van der Waals surface area contributed by atoms with Gasteiger partial charge in [-0.15, -0.1) is 0 Å². The van der Waals surface area contributed by atoms with Gasteiger partial charge in [-0.05, 0) is 24.3 Å². The van der Waals surface area contributed by atoms with Crippen molar-refractivity contribution >= 4 is 50.5 Å². The minimum atomic E-state index is -0.851. The summed E-state index contributed by atoms with van der Waals surface area (Å²) in [6.07, 6.45) is 0. The molecule has 0 spiro atoms. The molecule has 10 heteroatoms. The Hall–Kier alpha value is -2.52. The average Bonchev–Trinajstić information content (AvgIpc) is 2.49. The summed E-state index contributed by atoms with van der Waals surface area (Å²) in [5, 5.41) is 23.8. The molecule has 0 radical (unpaired) electrons. The van der Waals surface area contributed by atoms with Gasteiger partial charge in [-0.3, -0.25) is 25.0 Å². The summed E-state index contributed by atoms with van der Waals surface area (Å²) in [4.78, 5) is 32.3. The van der Waals surface area contributed by atoms with Crippen LogP contribution >= 0.6 is 27.5 Å². The summed E-state index contributed by atoms with van der Waals surface area (Å²) in [7, 11) is 0. The van der Waals surface area contributed by atoms with E-state index in [-0.39, 0.29) is 16.3 Å². The Bertz CT molecular complexity index is 810. The van der Waals surface area contributed by atoms with E-state index in [2.05, 4.69) is 21.2 Å². The van der Waals surface area contributed by atoms with Gasteiger partial charge in [0.1, 0.15) is 5.69 Å². The Morgan fingerprint density at radius 1 is 1.09 bits per heavy atom. The molecule has 2 aromatic carbocycles. The van der Waals surface area contributed by atoms with E-state index >= 15 is 0 Å². The Balaban J connectivity index is 2.42. The van der Waals surface area contributed by atoms with Crippen molar-refractivity contribution in [1.29, 1.82) is 0 Å². The molecule has 2 rings (SSSR count). The number of nitrogens with zero attached hydrogens (tertiary/aromatic N) is 2. The molecule has 2 aromatic rings. The minimum Gasteiger partial charge on any atom is -0.315 e. The molecular weight excluding hydrogens is 394 g/mol. The number of carbonyl (C=O) groups excluding carboxylic acids is 1. The third-order valence-corrected chi connectivity index (χ3v) is 3.63. The molecule has 0 aliphatic heterocycles. The molecule has 8 nitrogen and oxygen atoms in total. The average molecular weight is 401 g/mol. The number of rotatable bonds is 4. The van der Waals surface area contributed by atoms with Crippen molar-refractivity contribution in [3.8, 4) is 0 Å². The largest absolute Gasteiger partial charge is 0.315 e. The Morgan fingerprint density at radius 3 is 2.22 bits per heavy atom. The smallest absolute Gasteiger partial charge is 0.301 e. The van der Waals surface area contributed by atoms with Crippen LogP contribution < -0.4 is 5.32 Å². The molecule has 0 bridgehead atoms. The van der Waals surface area contributed by atoms with Crippen LogP contribution in [0.5, 0.6) is 0 Å². The Morgan fingerprint density at radius 2 is 1.70 bits per heavy atom. The Labute approximate surface area is 142 Å². The highest BCUT2D eigenvalue weighted by molar-refractivity contribution is 9.10. The van der Waals surface area contributed by atoms with Crippen LogP contribution in [0.2, 0.25) is 5.02 Å². The highest BCUT2D eigenvalue weighted by Gasteiger charge is 2.25. The van der Waals surface area contributed by atoms with Gasteiger partial charge in [0.15, 0.2) is 0 Å². The van der Waals surface area contributed by atoms with Gasteiger partial charge in [0.25, 0.3) is 11.6 Å². The van der Waals surface area contributed by atoms with Crippen molar-refractivity contribution in [1.82, 2.24) is 0 Å². The van der Waals surface area contributed by atoms with Crippen molar-refractivity contribution in [2.24, 2.45) is 0 Å². The number of hydrogen-bond donors (Lipinski definition) is 1. The first-order chi connectivity index (χ1) is 10.8. The van der Waals surface area contributed by atoms with E-state index in [4.69, 9.17) is 11.6 Å². The second-order valence-electron chi connectivity index (χ2n) is 4.30. The molecule has 1 amide bonds. The van der Waals surface area contributed by atoms with Crippen LogP contribution in [0.3, 0.4) is 0 Å². The number of amides is 1. The number of halogens is 2. The maximum atomic E-state index is 12.1. The minimum absolute atomic E-state index is 0.247. The first kappa shape index (κ1) is 16.8. The number of anilines is 1. The predicted molar refractivity (Wildman–Crippen MR) is 86.9 cm³/mol. The van der Waals surface area contributed by atoms with Gasteiger partial charge in [-0.2, -0.15) is 0 Å². The maximum Gasteiger partial charge on any atom is 0.301 e. The van der Waals surface area contributed by atoms with Crippen LogP contribution in [0.4, 0.5) is 17.1 Å². The standard InChI is InChI=1S/C13H7BrClN3O5/c14-8-3-1-7(2-4-8)13(19)16-12-10(15)5-9(17(20)21)6-11(12)18(22)23/h1-6H,(H,16,19). The van der Waals surface area contributed by atoms with E-state index in [1.165, 1.54) is 12.1 Å². The zero-order chi connectivity index (χ0) is 17.1. The quantitative estimate of drug-likeness (QED) is 0.611. The molecular formula is C13H7BrClN3O5. The van der Waals surface area contributed by atoms with Crippen LogP contribution in [0.1, 0.15) is 10.4 Å². The highest BCUT2D eigenvalue weighted by Crippen LogP contribution is 2.36. The van der Waals surface area contributed by atoms with Gasteiger partial charge in [0.05, 0.1) is 20.9 Å². The molecule has 0 aliphatic carbocycles. The molecule has 0 fully saturated rings. The van der Waals surface area contributed by atoms with Gasteiger partial charge < -0.3 is 5.32 Å². The van der Waals surface area contributed by atoms with Crippen molar-refractivity contribution in [3.63, 3.8) is 0 Å². The molecule has 0 atom stereocenters. The number of nitrogens with one attached hydrogen (secondary N) is 1. The number of hydrogen-bond acceptors (Lipinski definition) is 5. The lowest BCUT2D eigenvalue weighted by Gasteiger charge is -2.08. The van der Waals surface area contributed by atoms with Gasteiger partial charge >= 0.3 is 5.69 Å². The van der Waals surface area contributed by atoms with Gasteiger partial charge in [-0.1, -0.05) is 27.5 Å². The second kappa shape index (κ2) is 6.71. The fourth-order valence-corrected chi connectivity index (χ4v) is 2.26. The third kappa shape index (κ3) is 3.82. The van der Waals surface area contributed by atoms with Crippen LogP contribution in [0, 0.1) is 20.2 Å². The lowest BCUT2D eigenvalue weighted by molar-refractivity contribution is -0.393. The maximum absolute atomic E-state index is 12.1. The highest BCUT2D eigenvalue weighted by atomic mass is 79.9. The summed E-state index contributed by atoms with van der Waals surface area (Å²) in [5.74, 6) is -0.628. The number of non-ortho nitro benzene ring substituents is 1. The fourth-order valence-electron chi connectivity index (χ4n) is 1.74. The van der Waals surface area contributed by atoms with Crippen molar-refractivity contribution in [2.45, 2.75) is 0 Å². The first-order valence-corrected chi connectivity index (χ1v) is 7.16. The summed E-state index contributed by atoms with van der Waals surface area (Å²) in [6.45, 7) is 0. The van der Waals surface area contributed by atoms with Crippen LogP contribution in [-0.2, 0) is 0 Å². The van der Waals surface area contributed by atoms with Crippen molar-refractivity contribution in [2.75, 3.05) is 5.32 Å². The van der Waals surface area contributed by atoms with Crippen molar-refractivity contribution < 1.29 is 14.6 Å². The first-order valence-electron chi connectivity index (χ1n) is 5.99. The van der Waals surface area contributed by atoms with Crippen LogP contribution in [-0.4, -0.2) is 15.8 Å². The van der Waals surface area contributed by atoms with Gasteiger partial charge in [0, 0.05) is 16.1 Å². The topological polar surface area (TPSA) is 115 Å². The van der Waals surface area contributed by atoms with E-state index in [1.54, 1.807) is 12.1 Å². The SMILES string of the molecule is O=C(Nc1c(Cl)cc([N+](=O)[O-])cc1[N+](=O)[O-])c1ccc(Br)cc1. The van der Waals surface area contributed by atoms with Crippen LogP contribution in [0.15, 0.2) is 40.9 Å². The predicted octanol–water partition coefficient (Wildman–Crippen LogP) is 4.17. The summed E-state index contributed by atoms with van der Waals surface area (Å²) in [6, 6.07) is 7.94. The molecule has 0 saturated heterocycles. The summed E-state index contributed by atoms with van der Waals surface area (Å²) in [5.41, 5.74) is -1.25. The fraction of sp³-hybridized carbons (Fsp3) is 0. The van der Waals surface area contributed by atoms with E-state index in [0.29, 0.717) is 0 Å². The zero-order valence-corrected chi connectivity index (χ0v) is 13.5. The molecule has 1 N–H and O–H groups in total. The summed E-state index contributed by atoms with van der Waals surface area (Å²) >= 11 is 9.07. The molecule has 0 saturated carbocycles. The van der Waals surface area contributed by atoms with E-state index < -0.39 is 27.1 Å². The van der Waals surface area contributed by atoms with E-state index in [0.717, 1.165) is 16.6 Å². The van der Waals surface area contributed by atoms with Gasteiger partial charge in [-0.25, -0.2) is 0 Å². The van der Waals surface area contributed by atoms with E-state index in [1.807, 2.05) is 0 Å². The van der Waals surface area contributed by atoms with Crippen molar-refractivity contribution in [3.05, 3.63) is 71.7 Å². The lowest BCUT2D eigenvalue weighted by atomic mass is 10.2. The van der Waals surface area contributed by atoms with Crippen LogP contribution in [0.25, 0.3) is 0 Å². The number of carbonyl (C=O) groups is 1. The molecule has 0 aromatic heterocycles. The molecule has 23 heavy (non-hydrogen) atoms. The third-order valence-electron chi connectivity index (χ3n) is 2.81. The Kier molecular flexibility index (Phi) is 4.92. The zero-order valence-electron chi connectivity index (χ0n) is 11.2. The van der Waals surface area contributed by atoms with E-state index in [9.17, 15) is 25.0 Å². The molecule has 0 unspecified atom stereocenters. The second-order valence-corrected chi connectivity index (χ2v) is 5.62. The monoisotopic (exact) mass is 399 g/mol. The molecule has 118 valence electrons. The van der Waals surface area contributed by atoms with Gasteiger partial charge in [0.2, 0.25) is 0 Å². The molecule has 0 heterocycles. The molecule has 0 aliphatic rings. The normalized spacial score (nSPS) is 10.2.